The summed E-state index contributed by atoms with van der Waals surface area (Å²) in [5, 5.41) is 2.76. The van der Waals surface area contributed by atoms with Gasteiger partial charge in [0.2, 0.25) is 11.8 Å². The third kappa shape index (κ3) is 5.27. The lowest BCUT2D eigenvalue weighted by Crippen LogP contribution is -2.38. The topological polar surface area (TPSA) is 67.9 Å². The number of ether oxygens (including phenoxy) is 2. The Labute approximate surface area is 131 Å². The molecule has 2 amide bonds. The highest BCUT2D eigenvalue weighted by atomic mass is 16.5. The Morgan fingerprint density at radius 1 is 1.23 bits per heavy atom. The second-order valence-electron chi connectivity index (χ2n) is 5.41. The molecule has 0 fully saturated rings. The van der Waals surface area contributed by atoms with E-state index in [1.54, 1.807) is 25.3 Å². The standard InChI is InChI=1S/C16H24N2O4/c1-11(2)9-18(12(3)19)10-16(20)17-14-7-6-13(21-4)8-15(14)22-5/h6-8,11H,9-10H2,1-5H3,(H,17,20). The number of nitrogens with zero attached hydrogens (tertiary/aromatic N) is 1. The van der Waals surface area contributed by atoms with Gasteiger partial charge in [-0.25, -0.2) is 0 Å². The van der Waals surface area contributed by atoms with Crippen molar-refractivity contribution in [2.75, 3.05) is 32.6 Å². The molecule has 1 aromatic rings. The van der Waals surface area contributed by atoms with Gasteiger partial charge < -0.3 is 19.7 Å². The van der Waals surface area contributed by atoms with E-state index in [-0.39, 0.29) is 18.4 Å². The lowest BCUT2D eigenvalue weighted by atomic mass is 10.2. The Bertz CT molecular complexity index is 529. The number of rotatable bonds is 7. The van der Waals surface area contributed by atoms with E-state index in [9.17, 15) is 9.59 Å². The van der Waals surface area contributed by atoms with E-state index < -0.39 is 0 Å². The predicted molar refractivity (Wildman–Crippen MR) is 85.3 cm³/mol. The first-order valence-electron chi connectivity index (χ1n) is 7.14. The summed E-state index contributed by atoms with van der Waals surface area (Å²) in [7, 11) is 3.08. The maximum atomic E-state index is 12.1. The van der Waals surface area contributed by atoms with Crippen molar-refractivity contribution in [3.63, 3.8) is 0 Å². The zero-order valence-corrected chi connectivity index (χ0v) is 13.8. The van der Waals surface area contributed by atoms with Gasteiger partial charge >= 0.3 is 0 Å². The van der Waals surface area contributed by atoms with Crippen molar-refractivity contribution in [3.8, 4) is 11.5 Å². The van der Waals surface area contributed by atoms with Crippen LogP contribution in [0.2, 0.25) is 0 Å². The fraction of sp³-hybridized carbons (Fsp3) is 0.500. The Morgan fingerprint density at radius 2 is 1.91 bits per heavy atom. The first kappa shape index (κ1) is 17.8. The van der Waals surface area contributed by atoms with Gasteiger partial charge in [0.15, 0.2) is 0 Å². The number of benzene rings is 1. The van der Waals surface area contributed by atoms with Gasteiger partial charge in [0.05, 0.1) is 26.5 Å². The largest absolute Gasteiger partial charge is 0.497 e. The highest BCUT2D eigenvalue weighted by Crippen LogP contribution is 2.28. The fourth-order valence-electron chi connectivity index (χ4n) is 2.01. The normalized spacial score (nSPS) is 10.3. The molecule has 0 bridgehead atoms. The van der Waals surface area contributed by atoms with E-state index in [2.05, 4.69) is 5.32 Å². The van der Waals surface area contributed by atoms with Crippen molar-refractivity contribution in [1.29, 1.82) is 0 Å². The molecule has 1 aromatic carbocycles. The van der Waals surface area contributed by atoms with Crippen LogP contribution in [0.3, 0.4) is 0 Å². The van der Waals surface area contributed by atoms with Crippen LogP contribution in [-0.4, -0.2) is 44.0 Å². The van der Waals surface area contributed by atoms with Crippen LogP contribution in [0.5, 0.6) is 11.5 Å². The highest BCUT2D eigenvalue weighted by molar-refractivity contribution is 5.95. The van der Waals surface area contributed by atoms with Gasteiger partial charge in [-0.1, -0.05) is 13.8 Å². The Balaban J connectivity index is 2.77. The molecule has 1 rings (SSSR count). The van der Waals surface area contributed by atoms with Crippen LogP contribution in [0.4, 0.5) is 5.69 Å². The number of hydrogen-bond acceptors (Lipinski definition) is 4. The van der Waals surface area contributed by atoms with Crippen LogP contribution in [-0.2, 0) is 9.59 Å². The van der Waals surface area contributed by atoms with Crippen LogP contribution in [0.25, 0.3) is 0 Å². The minimum absolute atomic E-state index is 0.0166. The van der Waals surface area contributed by atoms with Gasteiger partial charge in [0.25, 0.3) is 0 Å². The van der Waals surface area contributed by atoms with Crippen molar-refractivity contribution in [2.24, 2.45) is 5.92 Å². The van der Waals surface area contributed by atoms with Crippen LogP contribution < -0.4 is 14.8 Å². The molecule has 0 aliphatic carbocycles. The summed E-state index contributed by atoms with van der Waals surface area (Å²) in [6.45, 7) is 6.02. The first-order chi connectivity index (χ1) is 10.4. The molecule has 0 aliphatic heterocycles. The molecule has 6 heteroatoms. The van der Waals surface area contributed by atoms with Gasteiger partial charge in [-0.15, -0.1) is 0 Å². The molecule has 0 saturated heterocycles. The average molecular weight is 308 g/mol. The second-order valence-corrected chi connectivity index (χ2v) is 5.41. The number of methoxy groups -OCH3 is 2. The number of hydrogen-bond donors (Lipinski definition) is 1. The molecule has 0 radical (unpaired) electrons. The number of anilines is 1. The van der Waals surface area contributed by atoms with E-state index in [0.29, 0.717) is 29.6 Å². The summed E-state index contributed by atoms with van der Waals surface area (Å²) in [6, 6.07) is 5.12. The van der Waals surface area contributed by atoms with Crippen LogP contribution in [0, 0.1) is 5.92 Å². The first-order valence-corrected chi connectivity index (χ1v) is 7.14. The van der Waals surface area contributed by atoms with E-state index in [1.807, 2.05) is 13.8 Å². The Morgan fingerprint density at radius 3 is 2.41 bits per heavy atom. The van der Waals surface area contributed by atoms with Gasteiger partial charge in [-0.2, -0.15) is 0 Å². The molecule has 0 unspecified atom stereocenters. The number of nitrogens with one attached hydrogen (secondary N) is 1. The van der Waals surface area contributed by atoms with Crippen molar-refractivity contribution in [3.05, 3.63) is 18.2 Å². The maximum Gasteiger partial charge on any atom is 0.244 e. The predicted octanol–water partition coefficient (Wildman–Crippen LogP) is 2.15. The van der Waals surface area contributed by atoms with Crippen molar-refractivity contribution < 1.29 is 19.1 Å². The SMILES string of the molecule is COc1ccc(NC(=O)CN(CC(C)C)C(C)=O)c(OC)c1. The van der Waals surface area contributed by atoms with E-state index in [1.165, 1.54) is 18.9 Å². The quantitative estimate of drug-likeness (QED) is 0.838. The molecular formula is C16H24N2O4. The molecular weight excluding hydrogens is 284 g/mol. The van der Waals surface area contributed by atoms with E-state index >= 15 is 0 Å². The van der Waals surface area contributed by atoms with Gasteiger partial charge in [-0.3, -0.25) is 9.59 Å². The molecule has 0 aromatic heterocycles. The van der Waals surface area contributed by atoms with Crippen molar-refractivity contribution in [1.82, 2.24) is 4.90 Å². The van der Waals surface area contributed by atoms with Gasteiger partial charge in [0.1, 0.15) is 11.5 Å². The van der Waals surface area contributed by atoms with Crippen molar-refractivity contribution >= 4 is 17.5 Å². The molecule has 0 aliphatic rings. The molecule has 6 nitrogen and oxygen atoms in total. The molecule has 122 valence electrons. The minimum atomic E-state index is -0.265. The third-order valence-corrected chi connectivity index (χ3v) is 3.05. The summed E-state index contributed by atoms with van der Waals surface area (Å²) in [5.74, 6) is 1.06. The summed E-state index contributed by atoms with van der Waals surface area (Å²) < 4.78 is 10.3. The van der Waals surface area contributed by atoms with E-state index in [0.717, 1.165) is 0 Å². The summed E-state index contributed by atoms with van der Waals surface area (Å²) in [4.78, 5) is 25.2. The lowest BCUT2D eigenvalue weighted by molar-refractivity contribution is -0.133. The van der Waals surface area contributed by atoms with Crippen LogP contribution >= 0.6 is 0 Å². The molecule has 0 atom stereocenters. The van der Waals surface area contributed by atoms with Gasteiger partial charge in [-0.05, 0) is 18.1 Å². The minimum Gasteiger partial charge on any atom is -0.497 e. The van der Waals surface area contributed by atoms with Crippen LogP contribution in [0.1, 0.15) is 20.8 Å². The Hall–Kier alpha value is -2.24. The highest BCUT2D eigenvalue weighted by Gasteiger charge is 2.16. The van der Waals surface area contributed by atoms with Gasteiger partial charge in [0, 0.05) is 19.5 Å². The average Bonchev–Trinajstić information content (AvgIpc) is 2.46. The lowest BCUT2D eigenvalue weighted by Gasteiger charge is -2.22. The maximum absolute atomic E-state index is 12.1. The summed E-state index contributed by atoms with van der Waals surface area (Å²) >= 11 is 0. The molecule has 0 spiro atoms. The number of amides is 2. The molecule has 22 heavy (non-hydrogen) atoms. The zero-order valence-electron chi connectivity index (χ0n) is 13.8. The van der Waals surface area contributed by atoms with Crippen molar-refractivity contribution in [2.45, 2.75) is 20.8 Å². The number of carbonyl (C=O) groups excluding carboxylic acids is 2. The monoisotopic (exact) mass is 308 g/mol. The summed E-state index contributed by atoms with van der Waals surface area (Å²) in [6.07, 6.45) is 0. The Kier molecular flexibility index (Phi) is 6.69. The summed E-state index contributed by atoms with van der Waals surface area (Å²) in [5.41, 5.74) is 0.543. The molecule has 0 saturated carbocycles. The van der Waals surface area contributed by atoms with E-state index in [4.69, 9.17) is 9.47 Å². The van der Waals surface area contributed by atoms with Crippen LogP contribution in [0.15, 0.2) is 18.2 Å². The molecule has 1 N–H and O–H groups in total. The molecule has 0 heterocycles. The number of carbonyl (C=O) groups is 2. The zero-order chi connectivity index (χ0) is 16.7. The second kappa shape index (κ2) is 8.26. The fourth-order valence-corrected chi connectivity index (χ4v) is 2.01. The third-order valence-electron chi connectivity index (χ3n) is 3.05. The smallest absolute Gasteiger partial charge is 0.244 e.